The number of rotatable bonds is 5. The van der Waals surface area contributed by atoms with Crippen molar-refractivity contribution in [2.75, 3.05) is 26.7 Å². The number of nitrogens with zero attached hydrogens (tertiary/aromatic N) is 1. The number of ether oxygens (including phenoxy) is 1. The van der Waals surface area contributed by atoms with Crippen molar-refractivity contribution in [1.82, 2.24) is 4.90 Å². The van der Waals surface area contributed by atoms with E-state index in [4.69, 9.17) is 4.74 Å². The summed E-state index contributed by atoms with van der Waals surface area (Å²) in [5, 5.41) is 0. The summed E-state index contributed by atoms with van der Waals surface area (Å²) in [4.78, 5) is 26.8. The molecule has 0 radical (unpaired) electrons. The number of benzene rings is 1. The zero-order valence-corrected chi connectivity index (χ0v) is 15.2. The van der Waals surface area contributed by atoms with E-state index < -0.39 is 18.1 Å². The van der Waals surface area contributed by atoms with Crippen molar-refractivity contribution in [2.24, 2.45) is 5.92 Å². The van der Waals surface area contributed by atoms with Crippen LogP contribution in [0, 0.1) is 5.92 Å². The van der Waals surface area contributed by atoms with E-state index >= 15 is 0 Å². The number of halogens is 3. The van der Waals surface area contributed by atoms with Gasteiger partial charge < -0.3 is 9.64 Å². The highest BCUT2D eigenvalue weighted by Crippen LogP contribution is 2.30. The summed E-state index contributed by atoms with van der Waals surface area (Å²) in [6.45, 7) is 0.624. The number of alkyl halides is 3. The number of likely N-dealkylation sites (tertiary alicyclic amines) is 2. The summed E-state index contributed by atoms with van der Waals surface area (Å²) >= 11 is 0. The molecule has 2 heterocycles. The molecule has 148 valence electrons. The Bertz CT molecular complexity index is 690. The van der Waals surface area contributed by atoms with Crippen LogP contribution in [-0.4, -0.2) is 55.7 Å². The summed E-state index contributed by atoms with van der Waals surface area (Å²) in [5.41, 5.74) is 0.960. The minimum atomic E-state index is -4.24. The van der Waals surface area contributed by atoms with E-state index in [0.29, 0.717) is 24.3 Å². The van der Waals surface area contributed by atoms with Gasteiger partial charge >= 0.3 is 6.18 Å². The number of quaternary nitrogens is 1. The first-order valence-corrected chi connectivity index (χ1v) is 9.18. The number of amides is 2. The van der Waals surface area contributed by atoms with Gasteiger partial charge in [0.05, 0.1) is 26.6 Å². The molecule has 8 heteroatoms. The molecule has 0 saturated carbocycles. The lowest BCUT2D eigenvalue weighted by Crippen LogP contribution is -3.18. The average molecular weight is 385 g/mol. The van der Waals surface area contributed by atoms with Gasteiger partial charge in [-0.15, -0.1) is 0 Å². The highest BCUT2D eigenvalue weighted by atomic mass is 19.4. The smallest absolute Gasteiger partial charge is 0.397 e. The van der Waals surface area contributed by atoms with E-state index in [1.807, 2.05) is 12.1 Å². The second kappa shape index (κ2) is 7.88. The molecule has 2 aliphatic rings. The van der Waals surface area contributed by atoms with Crippen LogP contribution in [0.2, 0.25) is 0 Å². The summed E-state index contributed by atoms with van der Waals surface area (Å²) in [5.74, 6) is -1.30. The van der Waals surface area contributed by atoms with E-state index in [1.54, 1.807) is 19.2 Å². The second-order valence-corrected chi connectivity index (χ2v) is 7.23. The predicted molar refractivity (Wildman–Crippen MR) is 91.3 cm³/mol. The van der Waals surface area contributed by atoms with E-state index in [-0.39, 0.29) is 37.7 Å². The van der Waals surface area contributed by atoms with Crippen molar-refractivity contribution >= 4 is 11.8 Å². The minimum Gasteiger partial charge on any atom is -0.497 e. The number of methoxy groups -OCH3 is 1. The van der Waals surface area contributed by atoms with Gasteiger partial charge in [-0.2, -0.15) is 13.2 Å². The maximum atomic E-state index is 13.0. The Morgan fingerprint density at radius 3 is 2.56 bits per heavy atom. The van der Waals surface area contributed by atoms with Crippen LogP contribution in [0.15, 0.2) is 24.3 Å². The standard InChI is InChI=1S/C19H23F3N2O3/c1-27-15-6-4-13(5-7-15)8-10-24-17(25)11-16(18(24)26)23-9-2-3-14(12-23)19(20,21)22/h4-7,14,16H,2-3,8-12H2,1H3/p+1/t14-,16-/m0/s1. The summed E-state index contributed by atoms with van der Waals surface area (Å²) in [6.07, 6.45) is -3.21. The maximum absolute atomic E-state index is 13.0. The lowest BCUT2D eigenvalue weighted by molar-refractivity contribution is -0.925. The van der Waals surface area contributed by atoms with Gasteiger partial charge in [0.15, 0.2) is 6.04 Å². The molecular formula is C19H24F3N2O3+. The monoisotopic (exact) mass is 385 g/mol. The molecule has 2 amide bonds. The topological polar surface area (TPSA) is 51.0 Å². The van der Waals surface area contributed by atoms with Gasteiger partial charge in [0.2, 0.25) is 5.91 Å². The predicted octanol–water partition coefficient (Wildman–Crippen LogP) is 1.22. The van der Waals surface area contributed by atoms with E-state index in [2.05, 4.69) is 0 Å². The molecule has 3 atom stereocenters. The summed E-state index contributed by atoms with van der Waals surface area (Å²) in [6, 6.07) is 6.66. The molecule has 0 bridgehead atoms. The molecule has 2 saturated heterocycles. The van der Waals surface area contributed by atoms with Crippen LogP contribution in [0.1, 0.15) is 24.8 Å². The van der Waals surface area contributed by atoms with Crippen molar-refractivity contribution in [3.63, 3.8) is 0 Å². The third-order valence-electron chi connectivity index (χ3n) is 5.54. The molecule has 0 aromatic heterocycles. The highest BCUT2D eigenvalue weighted by Gasteiger charge is 2.50. The van der Waals surface area contributed by atoms with Crippen LogP contribution in [0.4, 0.5) is 13.2 Å². The largest absolute Gasteiger partial charge is 0.497 e. The van der Waals surface area contributed by atoms with Crippen molar-refractivity contribution in [3.05, 3.63) is 29.8 Å². The Labute approximate surface area is 156 Å². The quantitative estimate of drug-likeness (QED) is 0.776. The fourth-order valence-electron chi connectivity index (χ4n) is 3.96. The van der Waals surface area contributed by atoms with Crippen molar-refractivity contribution in [3.8, 4) is 5.75 Å². The molecule has 1 aromatic carbocycles. The first-order valence-electron chi connectivity index (χ1n) is 9.18. The van der Waals surface area contributed by atoms with Crippen LogP contribution in [-0.2, 0) is 16.0 Å². The van der Waals surface area contributed by atoms with Gasteiger partial charge in [-0.3, -0.25) is 14.5 Å². The Balaban J connectivity index is 1.60. The zero-order valence-electron chi connectivity index (χ0n) is 15.2. The van der Waals surface area contributed by atoms with E-state index in [1.165, 1.54) is 4.90 Å². The molecule has 0 aliphatic carbocycles. The van der Waals surface area contributed by atoms with Crippen molar-refractivity contribution in [1.29, 1.82) is 0 Å². The normalized spacial score (nSPS) is 26.5. The molecule has 1 N–H and O–H groups in total. The molecule has 27 heavy (non-hydrogen) atoms. The Hall–Kier alpha value is -2.09. The van der Waals surface area contributed by atoms with Crippen LogP contribution in [0.5, 0.6) is 5.75 Å². The molecule has 2 aliphatic heterocycles. The second-order valence-electron chi connectivity index (χ2n) is 7.23. The molecule has 5 nitrogen and oxygen atoms in total. The van der Waals surface area contributed by atoms with Gasteiger partial charge in [-0.1, -0.05) is 12.1 Å². The van der Waals surface area contributed by atoms with Gasteiger partial charge in [0.25, 0.3) is 5.91 Å². The molecule has 1 unspecified atom stereocenters. The minimum absolute atomic E-state index is 0.00135. The van der Waals surface area contributed by atoms with Crippen LogP contribution < -0.4 is 9.64 Å². The first kappa shape index (κ1) is 19.7. The Kier molecular flexibility index (Phi) is 5.74. The third-order valence-corrected chi connectivity index (χ3v) is 5.54. The van der Waals surface area contributed by atoms with Gasteiger partial charge in [0, 0.05) is 6.54 Å². The average Bonchev–Trinajstić information content (AvgIpc) is 2.94. The number of piperidine rings is 1. The summed E-state index contributed by atoms with van der Waals surface area (Å²) in [7, 11) is 1.57. The van der Waals surface area contributed by atoms with Gasteiger partial charge in [0.1, 0.15) is 11.7 Å². The first-order chi connectivity index (χ1) is 12.8. The number of hydrogen-bond donors (Lipinski definition) is 1. The molecule has 3 rings (SSSR count). The van der Waals surface area contributed by atoms with Gasteiger partial charge in [-0.05, 0) is 37.0 Å². The molecular weight excluding hydrogens is 361 g/mol. The number of hydrogen-bond acceptors (Lipinski definition) is 3. The number of carbonyl (C=O) groups is 2. The molecule has 1 aromatic rings. The van der Waals surface area contributed by atoms with Crippen LogP contribution in [0.3, 0.4) is 0 Å². The lowest BCUT2D eigenvalue weighted by Gasteiger charge is -2.33. The fraction of sp³-hybridized carbons (Fsp3) is 0.579. The van der Waals surface area contributed by atoms with Crippen LogP contribution >= 0.6 is 0 Å². The zero-order chi connectivity index (χ0) is 19.6. The van der Waals surface area contributed by atoms with Crippen LogP contribution in [0.25, 0.3) is 0 Å². The Morgan fingerprint density at radius 1 is 1.22 bits per heavy atom. The lowest BCUT2D eigenvalue weighted by atomic mass is 9.96. The number of nitrogens with one attached hydrogen (secondary N) is 1. The highest BCUT2D eigenvalue weighted by molar-refractivity contribution is 6.04. The van der Waals surface area contributed by atoms with Gasteiger partial charge in [-0.25, -0.2) is 0 Å². The van der Waals surface area contributed by atoms with Crippen molar-refractivity contribution in [2.45, 2.75) is 37.9 Å². The molecule has 2 fully saturated rings. The number of imide groups is 1. The summed E-state index contributed by atoms with van der Waals surface area (Å²) < 4.78 is 44.2. The number of carbonyl (C=O) groups excluding carboxylic acids is 2. The SMILES string of the molecule is COc1ccc(CCN2C(=O)C[C@H]([NH+]3CCC[C@H](C(F)(F)F)C3)C2=O)cc1. The van der Waals surface area contributed by atoms with E-state index in [9.17, 15) is 22.8 Å². The maximum Gasteiger partial charge on any atom is 0.397 e. The van der Waals surface area contributed by atoms with Crippen molar-refractivity contribution < 1.29 is 32.4 Å². The fourth-order valence-corrected chi connectivity index (χ4v) is 3.96. The Morgan fingerprint density at radius 2 is 1.93 bits per heavy atom. The van der Waals surface area contributed by atoms with E-state index in [0.717, 1.165) is 11.3 Å². The molecule has 0 spiro atoms. The third kappa shape index (κ3) is 4.43.